The Morgan fingerprint density at radius 1 is 1.25 bits per heavy atom. The van der Waals surface area contributed by atoms with Gasteiger partial charge >= 0.3 is 0 Å². The standard InChI is InChI=1S/C17H25N3/c1-12-8-13(2)10-15(9-12)20-16(18)19-11-17(6-3-7-17)14-4-5-14/h8-10,14H,3-7,11H2,1-2H3,(H3,18,19,20). The van der Waals surface area contributed by atoms with Crippen molar-refractivity contribution in [2.24, 2.45) is 22.1 Å². The van der Waals surface area contributed by atoms with Crippen molar-refractivity contribution in [1.82, 2.24) is 0 Å². The van der Waals surface area contributed by atoms with Crippen molar-refractivity contribution in [2.45, 2.75) is 46.0 Å². The first-order valence-corrected chi connectivity index (χ1v) is 7.73. The topological polar surface area (TPSA) is 50.4 Å². The zero-order chi connectivity index (χ0) is 14.2. The van der Waals surface area contributed by atoms with Crippen LogP contribution in [-0.4, -0.2) is 12.5 Å². The second-order valence-corrected chi connectivity index (χ2v) is 6.69. The molecule has 0 spiro atoms. The maximum atomic E-state index is 6.05. The number of hydrogen-bond donors (Lipinski definition) is 2. The average molecular weight is 271 g/mol. The summed E-state index contributed by atoms with van der Waals surface area (Å²) >= 11 is 0. The fraction of sp³-hybridized carbons (Fsp3) is 0.588. The molecule has 0 saturated heterocycles. The van der Waals surface area contributed by atoms with Crippen LogP contribution in [0.5, 0.6) is 0 Å². The summed E-state index contributed by atoms with van der Waals surface area (Å²) in [7, 11) is 0. The summed E-state index contributed by atoms with van der Waals surface area (Å²) in [4.78, 5) is 4.62. The minimum atomic E-state index is 0.495. The van der Waals surface area contributed by atoms with Crippen LogP contribution < -0.4 is 11.1 Å². The Bertz CT molecular complexity index is 505. The third-order valence-electron chi connectivity index (χ3n) is 4.85. The van der Waals surface area contributed by atoms with Gasteiger partial charge in [0.1, 0.15) is 0 Å². The molecule has 20 heavy (non-hydrogen) atoms. The van der Waals surface area contributed by atoms with E-state index in [9.17, 15) is 0 Å². The Kier molecular flexibility index (Phi) is 3.45. The van der Waals surface area contributed by atoms with E-state index in [2.05, 4.69) is 42.4 Å². The van der Waals surface area contributed by atoms with E-state index in [1.54, 1.807) is 0 Å². The highest BCUT2D eigenvalue weighted by Crippen LogP contribution is 2.57. The van der Waals surface area contributed by atoms with Crippen molar-refractivity contribution in [3.8, 4) is 0 Å². The van der Waals surface area contributed by atoms with Gasteiger partial charge in [-0.3, -0.25) is 4.99 Å². The van der Waals surface area contributed by atoms with Crippen LogP contribution in [0, 0.1) is 25.2 Å². The molecule has 2 aliphatic carbocycles. The summed E-state index contributed by atoms with van der Waals surface area (Å²) in [6.07, 6.45) is 6.87. The molecule has 3 heteroatoms. The maximum Gasteiger partial charge on any atom is 0.193 e. The second kappa shape index (κ2) is 5.12. The van der Waals surface area contributed by atoms with Gasteiger partial charge in [-0.05, 0) is 74.1 Å². The molecule has 108 valence electrons. The highest BCUT2D eigenvalue weighted by atomic mass is 15.1. The molecule has 3 nitrogen and oxygen atoms in total. The Morgan fingerprint density at radius 2 is 1.90 bits per heavy atom. The number of benzene rings is 1. The predicted octanol–water partition coefficient (Wildman–Crippen LogP) is 3.61. The van der Waals surface area contributed by atoms with E-state index in [1.165, 1.54) is 43.2 Å². The van der Waals surface area contributed by atoms with Gasteiger partial charge in [-0.15, -0.1) is 0 Å². The number of rotatable bonds is 4. The van der Waals surface area contributed by atoms with Crippen LogP contribution in [0.2, 0.25) is 0 Å². The van der Waals surface area contributed by atoms with Crippen molar-refractivity contribution in [2.75, 3.05) is 11.9 Å². The molecule has 1 aromatic rings. The Hall–Kier alpha value is -1.51. The Labute approximate surface area is 121 Å². The molecule has 0 heterocycles. The number of nitrogens with zero attached hydrogens (tertiary/aromatic N) is 1. The minimum Gasteiger partial charge on any atom is -0.370 e. The number of aryl methyl sites for hydroxylation is 2. The molecular formula is C17H25N3. The van der Waals surface area contributed by atoms with E-state index < -0.39 is 0 Å². The Morgan fingerprint density at radius 3 is 2.40 bits per heavy atom. The summed E-state index contributed by atoms with van der Waals surface area (Å²) in [5, 5.41) is 3.23. The molecule has 2 fully saturated rings. The molecule has 0 unspecified atom stereocenters. The third kappa shape index (κ3) is 2.82. The molecule has 0 atom stereocenters. The van der Waals surface area contributed by atoms with Crippen LogP contribution in [-0.2, 0) is 0 Å². The largest absolute Gasteiger partial charge is 0.370 e. The summed E-state index contributed by atoms with van der Waals surface area (Å²) in [6.45, 7) is 5.10. The van der Waals surface area contributed by atoms with Gasteiger partial charge in [-0.1, -0.05) is 12.5 Å². The summed E-state index contributed by atoms with van der Waals surface area (Å²) < 4.78 is 0. The van der Waals surface area contributed by atoms with Crippen molar-refractivity contribution in [1.29, 1.82) is 0 Å². The van der Waals surface area contributed by atoms with Gasteiger partial charge in [-0.25, -0.2) is 0 Å². The average Bonchev–Trinajstić information content (AvgIpc) is 3.10. The highest BCUT2D eigenvalue weighted by molar-refractivity contribution is 5.92. The lowest BCUT2D eigenvalue weighted by molar-refractivity contribution is 0.113. The summed E-state index contributed by atoms with van der Waals surface area (Å²) in [5.41, 5.74) is 10.1. The van der Waals surface area contributed by atoms with Gasteiger partial charge in [-0.2, -0.15) is 0 Å². The van der Waals surface area contributed by atoms with Gasteiger partial charge < -0.3 is 11.1 Å². The van der Waals surface area contributed by atoms with Gasteiger partial charge in [0.05, 0.1) is 0 Å². The predicted molar refractivity (Wildman–Crippen MR) is 85.0 cm³/mol. The van der Waals surface area contributed by atoms with Crippen LogP contribution >= 0.6 is 0 Å². The zero-order valence-electron chi connectivity index (χ0n) is 12.6. The quantitative estimate of drug-likeness (QED) is 0.649. The number of hydrogen-bond acceptors (Lipinski definition) is 1. The third-order valence-corrected chi connectivity index (χ3v) is 4.85. The smallest absolute Gasteiger partial charge is 0.193 e. The van der Waals surface area contributed by atoms with Crippen molar-refractivity contribution in [3.63, 3.8) is 0 Å². The number of guanidine groups is 1. The normalized spacial score (nSPS) is 21.4. The van der Waals surface area contributed by atoms with E-state index in [0.29, 0.717) is 11.4 Å². The number of nitrogens with two attached hydrogens (primary N) is 1. The second-order valence-electron chi connectivity index (χ2n) is 6.69. The van der Waals surface area contributed by atoms with Crippen molar-refractivity contribution >= 4 is 11.6 Å². The van der Waals surface area contributed by atoms with Crippen molar-refractivity contribution < 1.29 is 0 Å². The van der Waals surface area contributed by atoms with Gasteiger partial charge in [0.25, 0.3) is 0 Å². The monoisotopic (exact) mass is 271 g/mol. The number of anilines is 1. The highest BCUT2D eigenvalue weighted by Gasteiger charge is 2.48. The Balaban J connectivity index is 1.63. The fourth-order valence-corrected chi connectivity index (χ4v) is 3.50. The van der Waals surface area contributed by atoms with E-state index >= 15 is 0 Å². The fourth-order valence-electron chi connectivity index (χ4n) is 3.50. The van der Waals surface area contributed by atoms with E-state index in [-0.39, 0.29) is 0 Å². The molecule has 2 saturated carbocycles. The van der Waals surface area contributed by atoms with Crippen LogP contribution in [0.1, 0.15) is 43.2 Å². The van der Waals surface area contributed by atoms with E-state index in [0.717, 1.165) is 18.2 Å². The molecule has 0 aliphatic heterocycles. The van der Waals surface area contributed by atoms with E-state index in [4.69, 9.17) is 5.73 Å². The molecule has 0 amide bonds. The van der Waals surface area contributed by atoms with Gasteiger partial charge in [0.2, 0.25) is 0 Å². The minimum absolute atomic E-state index is 0.495. The molecule has 3 N–H and O–H groups in total. The zero-order valence-corrected chi connectivity index (χ0v) is 12.6. The molecule has 0 radical (unpaired) electrons. The molecule has 2 aliphatic rings. The number of nitrogens with one attached hydrogen (secondary N) is 1. The van der Waals surface area contributed by atoms with Gasteiger partial charge in [0, 0.05) is 12.2 Å². The lowest BCUT2D eigenvalue weighted by Gasteiger charge is -2.41. The van der Waals surface area contributed by atoms with Crippen LogP contribution in [0.15, 0.2) is 23.2 Å². The SMILES string of the molecule is Cc1cc(C)cc(NC(N)=NCC2(C3CC3)CCC2)c1. The lowest BCUT2D eigenvalue weighted by atomic mass is 9.65. The van der Waals surface area contributed by atoms with Crippen LogP contribution in [0.4, 0.5) is 5.69 Å². The molecule has 1 aromatic carbocycles. The maximum absolute atomic E-state index is 6.05. The molecular weight excluding hydrogens is 246 g/mol. The number of aliphatic imine (C=N–C) groups is 1. The molecule has 3 rings (SSSR count). The molecule has 0 bridgehead atoms. The summed E-state index contributed by atoms with van der Waals surface area (Å²) in [5.74, 6) is 1.48. The van der Waals surface area contributed by atoms with Crippen LogP contribution in [0.25, 0.3) is 0 Å². The first-order valence-electron chi connectivity index (χ1n) is 7.73. The molecule has 0 aromatic heterocycles. The van der Waals surface area contributed by atoms with Crippen molar-refractivity contribution in [3.05, 3.63) is 29.3 Å². The lowest BCUT2D eigenvalue weighted by Crippen LogP contribution is -2.36. The van der Waals surface area contributed by atoms with Crippen LogP contribution in [0.3, 0.4) is 0 Å². The van der Waals surface area contributed by atoms with Gasteiger partial charge in [0.15, 0.2) is 5.96 Å². The first kappa shape index (κ1) is 13.5. The van der Waals surface area contributed by atoms with E-state index in [1.807, 2.05) is 0 Å². The first-order chi connectivity index (χ1) is 9.57. The summed E-state index contributed by atoms with van der Waals surface area (Å²) in [6, 6.07) is 6.37.